The topological polar surface area (TPSA) is 69.7 Å². The second-order valence-electron chi connectivity index (χ2n) is 6.68. The molecule has 5 nitrogen and oxygen atoms in total. The molecule has 3 aromatic rings. The molecule has 2 atom stereocenters. The van der Waals surface area contributed by atoms with Crippen molar-refractivity contribution in [1.82, 2.24) is 0 Å². The number of alkyl halides is 1. The number of hydrogen-bond donors (Lipinski definition) is 0. The minimum absolute atomic E-state index is 0.0487. The van der Waals surface area contributed by atoms with Gasteiger partial charge in [0.15, 0.2) is 5.78 Å². The molecule has 30 heavy (non-hydrogen) atoms. The molecule has 0 unspecified atom stereocenters. The van der Waals surface area contributed by atoms with Crippen LogP contribution in [0.15, 0.2) is 83.8 Å². The summed E-state index contributed by atoms with van der Waals surface area (Å²) in [6.45, 7) is 1.87. The third-order valence-electron chi connectivity index (χ3n) is 4.56. The minimum atomic E-state index is -4.05. The summed E-state index contributed by atoms with van der Waals surface area (Å²) in [6.07, 6.45) is -0.762. The fourth-order valence-corrected chi connectivity index (χ4v) is 4.68. The first-order valence-corrected chi connectivity index (χ1v) is 11.5. The lowest BCUT2D eigenvalue weighted by Crippen LogP contribution is -2.25. The number of carbonyl (C=O) groups is 1. The van der Waals surface area contributed by atoms with Gasteiger partial charge in [0.2, 0.25) is 0 Å². The summed E-state index contributed by atoms with van der Waals surface area (Å²) in [7, 11) is -2.59. The van der Waals surface area contributed by atoms with E-state index in [1.807, 2.05) is 13.0 Å². The van der Waals surface area contributed by atoms with Gasteiger partial charge in [-0.25, -0.2) is 0 Å². The van der Waals surface area contributed by atoms with Gasteiger partial charge in [-0.15, -0.1) is 0 Å². The molecule has 0 bridgehead atoms. The highest BCUT2D eigenvalue weighted by atomic mass is 79.9. The summed E-state index contributed by atoms with van der Waals surface area (Å²) in [5.74, 6) is -0.0751. The third kappa shape index (κ3) is 4.98. The molecule has 0 radical (unpaired) electrons. The summed E-state index contributed by atoms with van der Waals surface area (Å²) in [5.41, 5.74) is 1.91. The molecule has 0 N–H and O–H groups in total. The van der Waals surface area contributed by atoms with Crippen molar-refractivity contribution < 1.29 is 22.1 Å². The van der Waals surface area contributed by atoms with Crippen molar-refractivity contribution in [2.24, 2.45) is 0 Å². The molecular weight excluding hydrogens is 468 g/mol. The van der Waals surface area contributed by atoms with Crippen molar-refractivity contribution in [3.05, 3.63) is 95.6 Å². The Hall–Kier alpha value is -2.48. The summed E-state index contributed by atoms with van der Waals surface area (Å²) >= 11 is 3.43. The highest BCUT2D eigenvalue weighted by Gasteiger charge is 2.31. The number of Topliss-reactive ketones (excluding diaryl/α,β-unsaturated/α-hetero) is 1. The van der Waals surface area contributed by atoms with Crippen LogP contribution < -0.4 is 4.18 Å². The van der Waals surface area contributed by atoms with Crippen LogP contribution in [0.4, 0.5) is 0 Å². The van der Waals surface area contributed by atoms with Crippen LogP contribution >= 0.6 is 15.9 Å². The second-order valence-corrected chi connectivity index (χ2v) is 9.21. The third-order valence-corrected chi connectivity index (χ3v) is 6.71. The highest BCUT2D eigenvalue weighted by molar-refractivity contribution is 9.10. The number of hydrogen-bond acceptors (Lipinski definition) is 5. The highest BCUT2D eigenvalue weighted by Crippen LogP contribution is 2.35. The van der Waals surface area contributed by atoms with Gasteiger partial charge < -0.3 is 8.92 Å². The van der Waals surface area contributed by atoms with Crippen molar-refractivity contribution >= 4 is 31.8 Å². The molecule has 0 amide bonds. The van der Waals surface area contributed by atoms with Crippen LogP contribution in [0, 0.1) is 6.92 Å². The van der Waals surface area contributed by atoms with E-state index in [0.29, 0.717) is 11.1 Å². The standard InChI is InChI=1S/C23H21BrO5S/c1-16-12-14-18(15-13-16)30(26,27)29-20-11-7-6-10-19(20)23(28-2)21(24)22(25)17-8-4-3-5-9-17/h3-15,21,23H,1-2H3/t21-,23+/m0/s1. The molecule has 3 rings (SSSR count). The van der Waals surface area contributed by atoms with Gasteiger partial charge in [-0.2, -0.15) is 8.42 Å². The smallest absolute Gasteiger partial charge is 0.339 e. The Labute approximate surface area is 184 Å². The Balaban J connectivity index is 1.93. The maximum atomic E-state index is 12.9. The number of halogens is 1. The zero-order chi connectivity index (χ0) is 21.7. The number of ether oxygens (including phenoxy) is 1. The first-order chi connectivity index (χ1) is 14.3. The van der Waals surface area contributed by atoms with Crippen LogP contribution in [-0.4, -0.2) is 26.1 Å². The van der Waals surface area contributed by atoms with Gasteiger partial charge in [0, 0.05) is 18.2 Å². The number of benzene rings is 3. The van der Waals surface area contributed by atoms with Crippen molar-refractivity contribution in [2.45, 2.75) is 22.8 Å². The molecule has 3 aromatic carbocycles. The number of aryl methyl sites for hydroxylation is 1. The molecule has 0 aliphatic carbocycles. The van der Waals surface area contributed by atoms with Crippen molar-refractivity contribution in [3.8, 4) is 5.75 Å². The van der Waals surface area contributed by atoms with E-state index in [2.05, 4.69) is 15.9 Å². The molecule has 156 valence electrons. The Morgan fingerprint density at radius 1 is 0.900 bits per heavy atom. The SMILES string of the molecule is CO[C@H](c1ccccc1OS(=O)(=O)c1ccc(C)cc1)[C@@H](Br)C(=O)c1ccccc1. The molecule has 0 aliphatic rings. The van der Waals surface area contributed by atoms with Crippen molar-refractivity contribution in [1.29, 1.82) is 0 Å². The van der Waals surface area contributed by atoms with E-state index in [0.717, 1.165) is 5.56 Å². The van der Waals surface area contributed by atoms with Gasteiger partial charge in [-0.3, -0.25) is 4.79 Å². The van der Waals surface area contributed by atoms with E-state index in [4.69, 9.17) is 8.92 Å². The predicted octanol–water partition coefficient (Wildman–Crippen LogP) is 5.10. The monoisotopic (exact) mass is 488 g/mol. The number of methoxy groups -OCH3 is 1. The van der Waals surface area contributed by atoms with Gasteiger partial charge in [-0.05, 0) is 25.1 Å². The average molecular weight is 489 g/mol. The molecule has 0 heterocycles. The van der Waals surface area contributed by atoms with Gasteiger partial charge in [0.05, 0.1) is 0 Å². The molecule has 0 spiro atoms. The Morgan fingerprint density at radius 2 is 1.50 bits per heavy atom. The van der Waals surface area contributed by atoms with Crippen LogP contribution in [0.5, 0.6) is 5.75 Å². The van der Waals surface area contributed by atoms with E-state index in [-0.39, 0.29) is 16.4 Å². The van der Waals surface area contributed by atoms with Crippen molar-refractivity contribution in [3.63, 3.8) is 0 Å². The summed E-state index contributed by atoms with van der Waals surface area (Å²) in [5, 5.41) is 0. The molecule has 0 aromatic heterocycles. The Bertz CT molecular complexity index is 1110. The molecule has 0 fully saturated rings. The molecule has 0 saturated heterocycles. The fourth-order valence-electron chi connectivity index (χ4n) is 2.97. The van der Waals surface area contributed by atoms with Crippen LogP contribution in [0.25, 0.3) is 0 Å². The largest absolute Gasteiger partial charge is 0.379 e. The van der Waals surface area contributed by atoms with Gasteiger partial charge in [0.1, 0.15) is 21.6 Å². The number of para-hydroxylation sites is 1. The Morgan fingerprint density at radius 3 is 2.13 bits per heavy atom. The molecule has 0 aliphatic heterocycles. The first kappa shape index (κ1) is 22.2. The van der Waals surface area contributed by atoms with Gasteiger partial charge >= 0.3 is 10.1 Å². The summed E-state index contributed by atoms with van der Waals surface area (Å²) in [6, 6.07) is 21.8. The van der Waals surface area contributed by atoms with Crippen LogP contribution in [0.1, 0.15) is 27.6 Å². The lowest BCUT2D eigenvalue weighted by atomic mass is 9.99. The second kappa shape index (κ2) is 9.55. The van der Waals surface area contributed by atoms with Crippen LogP contribution in [-0.2, 0) is 14.9 Å². The van der Waals surface area contributed by atoms with E-state index in [1.165, 1.54) is 19.2 Å². The summed E-state index contributed by atoms with van der Waals surface area (Å²) in [4.78, 5) is 12.2. The predicted molar refractivity (Wildman–Crippen MR) is 119 cm³/mol. The maximum absolute atomic E-state index is 12.9. The zero-order valence-electron chi connectivity index (χ0n) is 16.5. The maximum Gasteiger partial charge on any atom is 0.339 e. The van der Waals surface area contributed by atoms with E-state index < -0.39 is 21.0 Å². The van der Waals surface area contributed by atoms with Gasteiger partial charge in [0.25, 0.3) is 0 Å². The average Bonchev–Trinajstić information content (AvgIpc) is 2.75. The molecule has 0 saturated carbocycles. The summed E-state index contributed by atoms with van der Waals surface area (Å²) < 4.78 is 36.5. The number of carbonyl (C=O) groups excluding carboxylic acids is 1. The normalized spacial score (nSPS) is 13.4. The van der Waals surface area contributed by atoms with Crippen LogP contribution in [0.3, 0.4) is 0 Å². The molecular formula is C23H21BrO5S. The van der Waals surface area contributed by atoms with Crippen LogP contribution in [0.2, 0.25) is 0 Å². The van der Waals surface area contributed by atoms with Crippen molar-refractivity contribution in [2.75, 3.05) is 7.11 Å². The van der Waals surface area contributed by atoms with E-state index in [9.17, 15) is 13.2 Å². The number of rotatable bonds is 8. The molecule has 7 heteroatoms. The lowest BCUT2D eigenvalue weighted by molar-refractivity contribution is 0.0765. The first-order valence-electron chi connectivity index (χ1n) is 9.19. The zero-order valence-corrected chi connectivity index (χ0v) is 18.9. The lowest BCUT2D eigenvalue weighted by Gasteiger charge is -2.23. The minimum Gasteiger partial charge on any atom is -0.379 e. The van der Waals surface area contributed by atoms with E-state index >= 15 is 0 Å². The Kier molecular flexibility index (Phi) is 7.07. The fraction of sp³-hybridized carbons (Fsp3) is 0.174. The van der Waals surface area contributed by atoms with E-state index in [1.54, 1.807) is 60.7 Å². The number of ketones is 1. The van der Waals surface area contributed by atoms with Gasteiger partial charge in [-0.1, -0.05) is 82.2 Å². The quantitative estimate of drug-likeness (QED) is 0.250.